The van der Waals surface area contributed by atoms with Crippen molar-refractivity contribution in [2.24, 2.45) is 23.1 Å². The summed E-state index contributed by atoms with van der Waals surface area (Å²) in [5.74, 6) is -6.89. The molecule has 1 aromatic rings. The van der Waals surface area contributed by atoms with E-state index in [1.807, 2.05) is 13.8 Å². The van der Waals surface area contributed by atoms with Crippen LogP contribution in [-0.4, -0.2) is 186 Å². The van der Waals surface area contributed by atoms with Gasteiger partial charge in [-0.15, -0.1) is 0 Å². The molecule has 0 saturated carbocycles. The number of thioether (sulfide) groups is 1. The Hall–Kier alpha value is -6.34. The zero-order valence-corrected chi connectivity index (χ0v) is 42.5. The Morgan fingerprint density at radius 1 is 0.778 bits per heavy atom. The van der Waals surface area contributed by atoms with E-state index in [9.17, 15) is 57.8 Å². The van der Waals surface area contributed by atoms with Crippen molar-refractivity contribution in [2.45, 2.75) is 127 Å². The van der Waals surface area contributed by atoms with Crippen molar-refractivity contribution >= 4 is 77.1 Å². The Balaban J connectivity index is 1.70. The fraction of sp³-hybridized carbons (Fsp3) is 0.638. The first-order chi connectivity index (χ1) is 34.2. The van der Waals surface area contributed by atoms with Crippen LogP contribution in [-0.2, 0) is 59.2 Å². The molecule has 2 saturated heterocycles. The Morgan fingerprint density at radius 2 is 1.40 bits per heavy atom. The van der Waals surface area contributed by atoms with E-state index in [0.29, 0.717) is 69.2 Å². The fourth-order valence-corrected chi connectivity index (χ4v) is 9.05. The highest BCUT2D eigenvalue weighted by Crippen LogP contribution is 2.22. The van der Waals surface area contributed by atoms with E-state index in [0.717, 1.165) is 9.80 Å². The Bertz CT molecular complexity index is 2060. The lowest BCUT2D eigenvalue weighted by atomic mass is 10.0. The normalized spacial score (nSPS) is 17.4. The molecule has 24 nitrogen and oxygen atoms in total. The Labute approximate surface area is 424 Å². The smallest absolute Gasteiger partial charge is 0.246 e. The second-order valence-corrected chi connectivity index (χ2v) is 19.5. The number of nitrogens with two attached hydrogens (primary N) is 3. The molecule has 0 aromatic heterocycles. The zero-order chi connectivity index (χ0) is 53.5. The number of carbonyl (C=O) groups excluding carboxylic acids is 11. The minimum absolute atomic E-state index is 0.00969. The van der Waals surface area contributed by atoms with E-state index in [1.54, 1.807) is 19.2 Å². The largest absolute Gasteiger partial charge is 0.508 e. The van der Waals surface area contributed by atoms with Crippen LogP contribution < -0.4 is 49.1 Å². The number of benzene rings is 1. The van der Waals surface area contributed by atoms with Crippen LogP contribution in [0, 0.1) is 5.92 Å². The number of primary amides is 2. The maximum Gasteiger partial charge on any atom is 0.246 e. The molecular formula is C47H74N12O12S. The van der Waals surface area contributed by atoms with E-state index >= 15 is 0 Å². The molecule has 400 valence electrons. The lowest BCUT2D eigenvalue weighted by Gasteiger charge is -2.31. The van der Waals surface area contributed by atoms with Gasteiger partial charge in [-0.05, 0) is 88.6 Å². The number of aromatic hydroxyl groups is 1. The molecule has 0 radical (unpaired) electrons. The van der Waals surface area contributed by atoms with Crippen LogP contribution in [0.4, 0.5) is 0 Å². The van der Waals surface area contributed by atoms with Crippen LogP contribution in [0.25, 0.3) is 0 Å². The number of rotatable bonds is 31. The summed E-state index contributed by atoms with van der Waals surface area (Å²) in [5, 5.41) is 25.8. The van der Waals surface area contributed by atoms with Crippen LogP contribution >= 0.6 is 11.8 Å². The lowest BCUT2D eigenvalue weighted by Crippen LogP contribution is -2.59. The molecular weight excluding hydrogens is 957 g/mol. The maximum atomic E-state index is 14.1. The highest BCUT2D eigenvalue weighted by Gasteiger charge is 2.41. The van der Waals surface area contributed by atoms with Crippen LogP contribution in [0.1, 0.15) is 83.6 Å². The van der Waals surface area contributed by atoms with Crippen LogP contribution in [0.3, 0.4) is 0 Å². The Morgan fingerprint density at radius 3 is 2.03 bits per heavy atom. The van der Waals surface area contributed by atoms with E-state index in [4.69, 9.17) is 17.2 Å². The predicted octanol–water partition coefficient (Wildman–Crippen LogP) is -3.12. The number of phenols is 1. The molecule has 1 aromatic carbocycles. The van der Waals surface area contributed by atoms with Crippen molar-refractivity contribution in [1.29, 1.82) is 0 Å². The van der Waals surface area contributed by atoms with Gasteiger partial charge in [0, 0.05) is 38.9 Å². The highest BCUT2D eigenvalue weighted by molar-refractivity contribution is 7.99. The standard InChI is InChI=1S/C47H74N12O12S/c1-28(2)11-16-33(46(70)58-19-6-8-30(58)26-60)55-43(67)34(23-38(49)62)56-44(68)37-10-7-20-59(37)47(71)36(24-39(50)63)53-40(64)25-57(4)45(69)35(22-29-12-14-31(61)15-13-29)54-41(65)27-72-21-18-52-42(66)32(51-3)9-5-17-48/h12-15,26,28,30,32-37,51,61H,5-11,16-25,27,48H2,1-4H3,(H2,49,62)(H2,50,63)(H,52,66)(H,53,64)(H,54,65)(H,55,67)(H,56,68)/t30-,32-,33-,34-,35-,36-,37-/m0/s1. The van der Waals surface area contributed by atoms with Gasteiger partial charge in [0.15, 0.2) is 0 Å². The molecule has 2 heterocycles. The number of hydrogen-bond acceptors (Lipinski definition) is 15. The van der Waals surface area contributed by atoms with Crippen LogP contribution in [0.15, 0.2) is 24.3 Å². The molecule has 0 unspecified atom stereocenters. The van der Waals surface area contributed by atoms with Crippen molar-refractivity contribution < 1.29 is 57.8 Å². The summed E-state index contributed by atoms with van der Waals surface area (Å²) in [6.45, 7) is 4.24. The van der Waals surface area contributed by atoms with E-state index in [2.05, 4.69) is 31.9 Å². The number of hydrogen-bond donors (Lipinski definition) is 10. The lowest BCUT2D eigenvalue weighted by molar-refractivity contribution is -0.144. The average molecular weight is 1030 g/mol. The number of amides is 10. The van der Waals surface area contributed by atoms with Crippen LogP contribution in [0.2, 0.25) is 0 Å². The summed E-state index contributed by atoms with van der Waals surface area (Å²) in [7, 11) is 2.97. The van der Waals surface area contributed by atoms with Crippen molar-refractivity contribution in [3.8, 4) is 5.75 Å². The minimum atomic E-state index is -1.60. The average Bonchev–Trinajstić information content (AvgIpc) is 4.03. The van der Waals surface area contributed by atoms with Crippen molar-refractivity contribution in [2.75, 3.05) is 58.3 Å². The SMILES string of the molecule is CN[C@@H](CCCN)C(=O)NCCSCC(=O)N[C@@H](Cc1ccc(O)cc1)C(=O)N(C)CC(=O)N[C@@H](CC(N)=O)C(=O)N1CCC[C@H]1C(=O)N[C@@H](CC(N)=O)C(=O)N[C@@H](CCC(C)C)C(=O)N1CCC[C@H]1C=O. The van der Waals surface area contributed by atoms with Gasteiger partial charge in [0.25, 0.3) is 0 Å². The molecule has 2 aliphatic rings. The second kappa shape index (κ2) is 30.5. The number of nitrogens with one attached hydrogen (secondary N) is 6. The van der Waals surface area contributed by atoms with E-state index in [1.165, 1.54) is 35.8 Å². The van der Waals surface area contributed by atoms with Gasteiger partial charge in [0.05, 0.1) is 37.2 Å². The van der Waals surface area contributed by atoms with Crippen molar-refractivity contribution in [1.82, 2.24) is 46.6 Å². The predicted molar refractivity (Wildman–Crippen MR) is 266 cm³/mol. The number of carbonyl (C=O) groups is 11. The van der Waals surface area contributed by atoms with E-state index < -0.39 is 115 Å². The minimum Gasteiger partial charge on any atom is -0.508 e. The van der Waals surface area contributed by atoms with Gasteiger partial charge in [0.2, 0.25) is 59.1 Å². The molecule has 0 bridgehead atoms. The third-order valence-electron chi connectivity index (χ3n) is 12.2. The quantitative estimate of drug-likeness (QED) is 0.0260. The van der Waals surface area contributed by atoms with Gasteiger partial charge in [-0.2, -0.15) is 11.8 Å². The van der Waals surface area contributed by atoms with Gasteiger partial charge >= 0.3 is 0 Å². The van der Waals surface area contributed by atoms with Crippen molar-refractivity contribution in [3.05, 3.63) is 29.8 Å². The summed E-state index contributed by atoms with van der Waals surface area (Å²) >= 11 is 1.22. The summed E-state index contributed by atoms with van der Waals surface area (Å²) in [6.07, 6.45) is 2.71. The summed E-state index contributed by atoms with van der Waals surface area (Å²) in [5.41, 5.74) is 17.1. The number of phenolic OH excluding ortho intramolecular Hbond substituents is 1. The second-order valence-electron chi connectivity index (χ2n) is 18.4. The first kappa shape index (κ1) is 60.0. The molecule has 10 amide bonds. The zero-order valence-electron chi connectivity index (χ0n) is 41.7. The molecule has 0 spiro atoms. The monoisotopic (exact) mass is 1030 g/mol. The number of nitrogens with zero attached hydrogens (tertiary/aromatic N) is 3. The van der Waals surface area contributed by atoms with Crippen molar-refractivity contribution in [3.63, 3.8) is 0 Å². The topological polar surface area (TPSA) is 368 Å². The molecule has 7 atom stereocenters. The molecule has 3 rings (SSSR count). The van der Waals surface area contributed by atoms with Crippen LogP contribution in [0.5, 0.6) is 5.75 Å². The first-order valence-electron chi connectivity index (χ1n) is 24.3. The molecule has 2 aliphatic heterocycles. The van der Waals surface area contributed by atoms with Gasteiger partial charge < -0.3 is 73.7 Å². The van der Waals surface area contributed by atoms with Gasteiger partial charge in [-0.3, -0.25) is 47.9 Å². The molecule has 0 aliphatic carbocycles. The summed E-state index contributed by atoms with van der Waals surface area (Å²) < 4.78 is 0. The number of likely N-dealkylation sites (tertiary alicyclic amines) is 2. The van der Waals surface area contributed by atoms with Gasteiger partial charge in [-0.25, -0.2) is 0 Å². The van der Waals surface area contributed by atoms with Gasteiger partial charge in [0.1, 0.15) is 42.2 Å². The highest BCUT2D eigenvalue weighted by atomic mass is 32.2. The molecule has 2 fully saturated rings. The molecule has 25 heteroatoms. The van der Waals surface area contributed by atoms with E-state index in [-0.39, 0.29) is 55.7 Å². The summed E-state index contributed by atoms with van der Waals surface area (Å²) in [6, 6.07) is -1.81. The fourth-order valence-electron chi connectivity index (χ4n) is 8.39. The molecule has 13 N–H and O–H groups in total. The first-order valence-corrected chi connectivity index (χ1v) is 25.4. The third kappa shape index (κ3) is 19.7. The third-order valence-corrected chi connectivity index (χ3v) is 13.2. The maximum absolute atomic E-state index is 14.1. The van der Waals surface area contributed by atoms with Gasteiger partial charge in [-0.1, -0.05) is 26.0 Å². The summed E-state index contributed by atoms with van der Waals surface area (Å²) in [4.78, 5) is 148. The Kier molecular flexibility index (Phi) is 25.4. The molecule has 72 heavy (non-hydrogen) atoms. The number of likely N-dealkylation sites (N-methyl/N-ethyl adjacent to an activating group) is 2. The number of aldehydes is 1.